The van der Waals surface area contributed by atoms with Gasteiger partial charge in [-0.3, -0.25) is 4.79 Å². The predicted octanol–water partition coefficient (Wildman–Crippen LogP) is 1.38. The van der Waals surface area contributed by atoms with E-state index < -0.39 is 0 Å². The second-order valence-electron chi connectivity index (χ2n) is 4.10. The monoisotopic (exact) mass is 257 g/mol. The van der Waals surface area contributed by atoms with Crippen LogP contribution in [0.1, 0.15) is 16.1 Å². The number of furan rings is 1. The molecule has 0 aliphatic heterocycles. The number of amides is 1. The van der Waals surface area contributed by atoms with Gasteiger partial charge in [0, 0.05) is 5.56 Å². The van der Waals surface area contributed by atoms with E-state index in [2.05, 4.69) is 15.3 Å². The summed E-state index contributed by atoms with van der Waals surface area (Å²) in [7, 11) is 0. The summed E-state index contributed by atoms with van der Waals surface area (Å²) in [6, 6.07) is 8.52. The Labute approximate surface area is 107 Å². The second kappa shape index (κ2) is 4.49. The van der Waals surface area contributed by atoms with Crippen molar-refractivity contribution >= 4 is 16.9 Å². The first-order valence-corrected chi connectivity index (χ1v) is 5.75. The molecular weight excluding hydrogens is 246 g/mol. The van der Waals surface area contributed by atoms with Gasteiger partial charge in [-0.2, -0.15) is 0 Å². The third-order valence-electron chi connectivity index (χ3n) is 2.78. The van der Waals surface area contributed by atoms with Crippen LogP contribution >= 0.6 is 0 Å². The van der Waals surface area contributed by atoms with Crippen LogP contribution in [0, 0.1) is 0 Å². The molecule has 0 spiro atoms. The molecule has 0 radical (unpaired) electrons. The molecule has 0 unspecified atom stereocenters. The van der Waals surface area contributed by atoms with Crippen molar-refractivity contribution in [3.8, 4) is 0 Å². The van der Waals surface area contributed by atoms with Gasteiger partial charge in [0.25, 0.3) is 5.91 Å². The van der Waals surface area contributed by atoms with Gasteiger partial charge in [0.15, 0.2) is 0 Å². The Bertz CT molecular complexity index is 768. The van der Waals surface area contributed by atoms with Crippen LogP contribution in [-0.4, -0.2) is 15.9 Å². The lowest BCUT2D eigenvalue weighted by Crippen LogP contribution is -2.22. The molecular formula is C13H11N3O3. The zero-order valence-electron chi connectivity index (χ0n) is 9.90. The molecule has 0 saturated heterocycles. The smallest absolute Gasteiger partial charge is 0.323 e. The maximum absolute atomic E-state index is 11.9. The lowest BCUT2D eigenvalue weighted by molar-refractivity contribution is 0.0948. The third kappa shape index (κ3) is 2.28. The summed E-state index contributed by atoms with van der Waals surface area (Å²) in [6.07, 6.45) is 1.55. The highest BCUT2D eigenvalue weighted by molar-refractivity contribution is 5.97. The topological polar surface area (TPSA) is 90.9 Å². The molecule has 0 fully saturated rings. The maximum Gasteiger partial charge on any atom is 0.323 e. The molecule has 0 atom stereocenters. The molecule has 3 rings (SSSR count). The number of aromatic nitrogens is 2. The molecule has 6 nitrogen and oxygen atoms in total. The van der Waals surface area contributed by atoms with Gasteiger partial charge in [-0.05, 0) is 30.3 Å². The molecule has 96 valence electrons. The SMILES string of the molecule is O=C(NCc1ccco1)c1ccc2[nH]c(=O)[nH]c2c1. The molecule has 1 aromatic carbocycles. The minimum absolute atomic E-state index is 0.222. The van der Waals surface area contributed by atoms with Crippen molar-refractivity contribution in [1.82, 2.24) is 15.3 Å². The van der Waals surface area contributed by atoms with Crippen LogP contribution < -0.4 is 11.0 Å². The standard InChI is InChI=1S/C13H11N3O3/c17-12(14-7-9-2-1-5-19-9)8-3-4-10-11(6-8)16-13(18)15-10/h1-6H,7H2,(H,14,17)(H2,15,16,18). The van der Waals surface area contributed by atoms with E-state index in [-0.39, 0.29) is 11.6 Å². The normalized spacial score (nSPS) is 10.7. The van der Waals surface area contributed by atoms with Gasteiger partial charge in [0.1, 0.15) is 5.76 Å². The number of hydrogen-bond acceptors (Lipinski definition) is 3. The Morgan fingerprint density at radius 3 is 2.84 bits per heavy atom. The Hall–Kier alpha value is -2.76. The Kier molecular flexibility index (Phi) is 2.68. The van der Waals surface area contributed by atoms with Crippen LogP contribution in [0.4, 0.5) is 0 Å². The van der Waals surface area contributed by atoms with E-state index >= 15 is 0 Å². The van der Waals surface area contributed by atoms with Crippen LogP contribution in [-0.2, 0) is 6.54 Å². The van der Waals surface area contributed by atoms with Crippen molar-refractivity contribution in [2.24, 2.45) is 0 Å². The van der Waals surface area contributed by atoms with Crippen LogP contribution in [0.15, 0.2) is 45.8 Å². The molecule has 0 saturated carbocycles. The van der Waals surface area contributed by atoms with Gasteiger partial charge < -0.3 is 19.7 Å². The Morgan fingerprint density at radius 2 is 2.05 bits per heavy atom. The average molecular weight is 257 g/mol. The van der Waals surface area contributed by atoms with Crippen molar-refractivity contribution in [2.75, 3.05) is 0 Å². The van der Waals surface area contributed by atoms with E-state index in [9.17, 15) is 9.59 Å². The average Bonchev–Trinajstić information content (AvgIpc) is 3.02. The maximum atomic E-state index is 11.9. The van der Waals surface area contributed by atoms with Gasteiger partial charge in [-0.1, -0.05) is 0 Å². The number of carbonyl (C=O) groups excluding carboxylic acids is 1. The number of nitrogens with one attached hydrogen (secondary N) is 3. The van der Waals surface area contributed by atoms with E-state index in [1.165, 1.54) is 0 Å². The van der Waals surface area contributed by atoms with Crippen molar-refractivity contribution in [2.45, 2.75) is 6.54 Å². The third-order valence-corrected chi connectivity index (χ3v) is 2.78. The molecule has 0 aliphatic carbocycles. The van der Waals surface area contributed by atoms with Gasteiger partial charge >= 0.3 is 5.69 Å². The summed E-state index contributed by atoms with van der Waals surface area (Å²) in [6.45, 7) is 0.327. The minimum Gasteiger partial charge on any atom is -0.467 e. The minimum atomic E-state index is -0.289. The van der Waals surface area contributed by atoms with Crippen molar-refractivity contribution in [3.05, 3.63) is 58.4 Å². The number of rotatable bonds is 3. The molecule has 19 heavy (non-hydrogen) atoms. The van der Waals surface area contributed by atoms with E-state index in [1.54, 1.807) is 36.6 Å². The molecule has 6 heteroatoms. The molecule has 3 aromatic rings. The number of fused-ring (bicyclic) bond motifs is 1. The molecule has 1 amide bonds. The summed E-state index contributed by atoms with van der Waals surface area (Å²) < 4.78 is 5.13. The van der Waals surface area contributed by atoms with E-state index in [0.717, 1.165) is 0 Å². The molecule has 0 bridgehead atoms. The summed E-state index contributed by atoms with van der Waals surface area (Å²) >= 11 is 0. The molecule has 3 N–H and O–H groups in total. The van der Waals surface area contributed by atoms with Gasteiger partial charge in [-0.15, -0.1) is 0 Å². The van der Waals surface area contributed by atoms with E-state index in [4.69, 9.17) is 4.42 Å². The Balaban J connectivity index is 1.79. The lowest BCUT2D eigenvalue weighted by Gasteiger charge is -2.03. The Morgan fingerprint density at radius 1 is 1.21 bits per heavy atom. The molecule has 2 heterocycles. The summed E-state index contributed by atoms with van der Waals surface area (Å²) in [5, 5.41) is 2.74. The highest BCUT2D eigenvalue weighted by atomic mass is 16.3. The van der Waals surface area contributed by atoms with Crippen LogP contribution in [0.2, 0.25) is 0 Å². The van der Waals surface area contributed by atoms with Gasteiger partial charge in [-0.25, -0.2) is 4.79 Å². The van der Waals surface area contributed by atoms with Crippen molar-refractivity contribution < 1.29 is 9.21 Å². The number of benzene rings is 1. The quantitative estimate of drug-likeness (QED) is 0.662. The first-order valence-electron chi connectivity index (χ1n) is 5.75. The number of carbonyl (C=O) groups is 1. The molecule has 2 aromatic heterocycles. The van der Waals surface area contributed by atoms with Crippen molar-refractivity contribution in [1.29, 1.82) is 0 Å². The van der Waals surface area contributed by atoms with E-state index in [0.29, 0.717) is 28.9 Å². The fraction of sp³-hybridized carbons (Fsp3) is 0.0769. The number of H-pyrrole nitrogens is 2. The summed E-state index contributed by atoms with van der Waals surface area (Å²) in [5.41, 5.74) is 1.47. The van der Waals surface area contributed by atoms with Crippen LogP contribution in [0.3, 0.4) is 0 Å². The zero-order valence-corrected chi connectivity index (χ0v) is 9.90. The van der Waals surface area contributed by atoms with Gasteiger partial charge in [0.05, 0.1) is 23.8 Å². The first-order chi connectivity index (χ1) is 9.22. The molecule has 0 aliphatic rings. The van der Waals surface area contributed by atoms with Crippen molar-refractivity contribution in [3.63, 3.8) is 0 Å². The highest BCUT2D eigenvalue weighted by Crippen LogP contribution is 2.10. The fourth-order valence-corrected chi connectivity index (χ4v) is 1.86. The second-order valence-corrected chi connectivity index (χ2v) is 4.10. The highest BCUT2D eigenvalue weighted by Gasteiger charge is 2.08. The van der Waals surface area contributed by atoms with Crippen LogP contribution in [0.5, 0.6) is 0 Å². The predicted molar refractivity (Wildman–Crippen MR) is 68.8 cm³/mol. The first kappa shape index (κ1) is 11.3. The lowest BCUT2D eigenvalue weighted by atomic mass is 10.2. The fourth-order valence-electron chi connectivity index (χ4n) is 1.86. The summed E-state index contributed by atoms with van der Waals surface area (Å²) in [5.74, 6) is 0.463. The van der Waals surface area contributed by atoms with Gasteiger partial charge in [0.2, 0.25) is 0 Å². The van der Waals surface area contributed by atoms with E-state index in [1.807, 2.05) is 0 Å². The van der Waals surface area contributed by atoms with Crippen LogP contribution in [0.25, 0.3) is 11.0 Å². The zero-order chi connectivity index (χ0) is 13.2. The number of imidazole rings is 1. The number of hydrogen-bond donors (Lipinski definition) is 3. The largest absolute Gasteiger partial charge is 0.467 e. The summed E-state index contributed by atoms with van der Waals surface area (Å²) in [4.78, 5) is 28.3. The number of aromatic amines is 2.